The molecule has 0 saturated carbocycles. The standard InChI is InChI=1S/C20H21N3O2S/c1-13-15-6-2-3-8-17(15)20(25)23(22-13)11-19(24)21-10-14-12-26-18-9-5-4-7-16(14)18/h2-3,6,8,12H,4-5,7,9-11H2,1H3,(H,21,24). The van der Waals surface area contributed by atoms with Crippen LogP contribution in [0.5, 0.6) is 0 Å². The number of hydrogen-bond acceptors (Lipinski definition) is 4. The van der Waals surface area contributed by atoms with Gasteiger partial charge in [0.05, 0.1) is 11.1 Å². The van der Waals surface area contributed by atoms with E-state index in [0.29, 0.717) is 11.9 Å². The van der Waals surface area contributed by atoms with Crippen LogP contribution in [0.25, 0.3) is 10.8 Å². The molecule has 4 rings (SSSR count). The van der Waals surface area contributed by atoms with Crippen LogP contribution >= 0.6 is 11.3 Å². The minimum absolute atomic E-state index is 0.0587. The van der Waals surface area contributed by atoms with Crippen LogP contribution in [0.3, 0.4) is 0 Å². The number of carbonyl (C=O) groups excluding carboxylic acids is 1. The number of aromatic nitrogens is 2. The maximum absolute atomic E-state index is 12.6. The molecule has 1 N–H and O–H groups in total. The van der Waals surface area contributed by atoms with Gasteiger partial charge in [0.2, 0.25) is 5.91 Å². The quantitative estimate of drug-likeness (QED) is 0.771. The average Bonchev–Trinajstić information content (AvgIpc) is 3.07. The van der Waals surface area contributed by atoms with Gasteiger partial charge in [-0.2, -0.15) is 5.10 Å². The lowest BCUT2D eigenvalue weighted by Crippen LogP contribution is -2.34. The van der Waals surface area contributed by atoms with Gasteiger partial charge in [-0.05, 0) is 55.2 Å². The highest BCUT2D eigenvalue weighted by Crippen LogP contribution is 2.30. The van der Waals surface area contributed by atoms with Crippen LogP contribution in [0.2, 0.25) is 0 Å². The maximum atomic E-state index is 12.6. The predicted octanol–water partition coefficient (Wildman–Crippen LogP) is 2.96. The molecule has 0 aliphatic heterocycles. The number of carbonyl (C=O) groups is 1. The van der Waals surface area contributed by atoms with Crippen molar-refractivity contribution in [2.24, 2.45) is 0 Å². The molecule has 0 unspecified atom stereocenters. The van der Waals surface area contributed by atoms with Crippen LogP contribution in [0, 0.1) is 6.92 Å². The summed E-state index contributed by atoms with van der Waals surface area (Å²) in [5.74, 6) is -0.190. The van der Waals surface area contributed by atoms with Crippen LogP contribution in [0.15, 0.2) is 34.4 Å². The maximum Gasteiger partial charge on any atom is 0.275 e. The Balaban J connectivity index is 1.49. The Bertz CT molecular complexity index is 1040. The van der Waals surface area contributed by atoms with E-state index in [0.717, 1.165) is 23.9 Å². The first-order valence-corrected chi connectivity index (χ1v) is 9.82. The second kappa shape index (κ2) is 7.03. The molecule has 0 atom stereocenters. The van der Waals surface area contributed by atoms with E-state index in [-0.39, 0.29) is 18.0 Å². The van der Waals surface area contributed by atoms with E-state index < -0.39 is 0 Å². The molecule has 2 aromatic heterocycles. The summed E-state index contributed by atoms with van der Waals surface area (Å²) in [7, 11) is 0. The zero-order chi connectivity index (χ0) is 18.1. The van der Waals surface area contributed by atoms with E-state index in [1.54, 1.807) is 17.4 Å². The number of nitrogens with one attached hydrogen (secondary N) is 1. The van der Waals surface area contributed by atoms with E-state index in [9.17, 15) is 9.59 Å². The van der Waals surface area contributed by atoms with Crippen molar-refractivity contribution in [3.8, 4) is 0 Å². The molecule has 26 heavy (non-hydrogen) atoms. The van der Waals surface area contributed by atoms with Gasteiger partial charge in [-0.1, -0.05) is 18.2 Å². The summed E-state index contributed by atoms with van der Waals surface area (Å²) < 4.78 is 1.26. The van der Waals surface area contributed by atoms with Crippen molar-refractivity contribution in [3.05, 3.63) is 61.7 Å². The molecular weight excluding hydrogens is 346 g/mol. The fourth-order valence-electron chi connectivity index (χ4n) is 3.61. The smallest absolute Gasteiger partial charge is 0.275 e. The van der Waals surface area contributed by atoms with Crippen LogP contribution in [0.4, 0.5) is 0 Å². The molecule has 2 heterocycles. The van der Waals surface area contributed by atoms with Crippen molar-refractivity contribution in [3.63, 3.8) is 0 Å². The zero-order valence-corrected chi connectivity index (χ0v) is 15.6. The lowest BCUT2D eigenvalue weighted by atomic mass is 9.96. The van der Waals surface area contributed by atoms with Crippen LogP contribution < -0.4 is 10.9 Å². The third-order valence-corrected chi connectivity index (χ3v) is 6.11. The van der Waals surface area contributed by atoms with Gasteiger partial charge in [0.15, 0.2) is 0 Å². The Morgan fingerprint density at radius 2 is 2.00 bits per heavy atom. The molecule has 0 fully saturated rings. The topological polar surface area (TPSA) is 64.0 Å². The summed E-state index contributed by atoms with van der Waals surface area (Å²) in [4.78, 5) is 26.4. The minimum atomic E-state index is -0.228. The summed E-state index contributed by atoms with van der Waals surface area (Å²) in [5.41, 5.74) is 3.15. The number of fused-ring (bicyclic) bond motifs is 2. The number of nitrogens with zero attached hydrogens (tertiary/aromatic N) is 2. The van der Waals surface area contributed by atoms with Gasteiger partial charge in [0.25, 0.3) is 5.56 Å². The number of amides is 1. The number of aryl methyl sites for hydroxylation is 2. The monoisotopic (exact) mass is 367 g/mol. The van der Waals surface area contributed by atoms with Crippen molar-refractivity contribution in [1.29, 1.82) is 0 Å². The van der Waals surface area contributed by atoms with Crippen molar-refractivity contribution < 1.29 is 4.79 Å². The first kappa shape index (κ1) is 17.0. The third-order valence-electron chi connectivity index (χ3n) is 4.97. The Hall–Kier alpha value is -2.47. The summed E-state index contributed by atoms with van der Waals surface area (Å²) in [5, 5.41) is 10.8. The molecular formula is C20H21N3O2S. The second-order valence-corrected chi connectivity index (χ2v) is 7.70. The largest absolute Gasteiger partial charge is 0.350 e. The Kier molecular flexibility index (Phi) is 4.59. The van der Waals surface area contributed by atoms with Crippen LogP contribution in [-0.4, -0.2) is 15.7 Å². The third kappa shape index (κ3) is 3.17. The highest BCUT2D eigenvalue weighted by molar-refractivity contribution is 7.10. The van der Waals surface area contributed by atoms with Gasteiger partial charge in [-0.15, -0.1) is 11.3 Å². The SMILES string of the molecule is Cc1nn(CC(=O)NCc2csc3c2CCCC3)c(=O)c2ccccc12. The summed E-state index contributed by atoms with van der Waals surface area (Å²) in [6.07, 6.45) is 4.74. The Morgan fingerprint density at radius 3 is 2.85 bits per heavy atom. The first-order chi connectivity index (χ1) is 12.6. The number of hydrogen-bond donors (Lipinski definition) is 1. The Labute approximate surface area is 155 Å². The number of benzene rings is 1. The number of thiophene rings is 1. The van der Waals surface area contributed by atoms with Crippen molar-refractivity contribution in [2.75, 3.05) is 0 Å². The summed E-state index contributed by atoms with van der Waals surface area (Å²) in [6.45, 7) is 2.32. The first-order valence-electron chi connectivity index (χ1n) is 8.95. The average molecular weight is 367 g/mol. The van der Waals surface area contributed by atoms with Gasteiger partial charge >= 0.3 is 0 Å². The fraction of sp³-hybridized carbons (Fsp3) is 0.350. The van der Waals surface area contributed by atoms with E-state index in [4.69, 9.17) is 0 Å². The molecule has 1 aromatic carbocycles. The van der Waals surface area contributed by atoms with Crippen molar-refractivity contribution in [1.82, 2.24) is 15.1 Å². The lowest BCUT2D eigenvalue weighted by molar-refractivity contribution is -0.122. The molecule has 1 aliphatic carbocycles. The van der Waals surface area contributed by atoms with Crippen molar-refractivity contribution in [2.45, 2.75) is 45.7 Å². The molecule has 0 radical (unpaired) electrons. The molecule has 134 valence electrons. The summed E-state index contributed by atoms with van der Waals surface area (Å²) >= 11 is 1.79. The molecule has 3 aromatic rings. The molecule has 6 heteroatoms. The van der Waals surface area contributed by atoms with Gasteiger partial charge in [-0.25, -0.2) is 4.68 Å². The van der Waals surface area contributed by atoms with Gasteiger partial charge in [0, 0.05) is 16.8 Å². The van der Waals surface area contributed by atoms with E-state index in [1.165, 1.54) is 33.5 Å². The van der Waals surface area contributed by atoms with Crippen molar-refractivity contribution >= 4 is 28.0 Å². The van der Waals surface area contributed by atoms with E-state index in [2.05, 4.69) is 15.8 Å². The molecule has 1 aliphatic rings. The van der Waals surface area contributed by atoms with E-state index in [1.807, 2.05) is 25.1 Å². The lowest BCUT2D eigenvalue weighted by Gasteiger charge is -2.13. The molecule has 0 bridgehead atoms. The second-order valence-electron chi connectivity index (χ2n) is 6.74. The zero-order valence-electron chi connectivity index (χ0n) is 14.7. The van der Waals surface area contributed by atoms with Gasteiger partial charge in [0.1, 0.15) is 6.54 Å². The van der Waals surface area contributed by atoms with Crippen LogP contribution in [-0.2, 0) is 30.7 Å². The molecule has 1 amide bonds. The Morgan fingerprint density at radius 1 is 1.23 bits per heavy atom. The van der Waals surface area contributed by atoms with Crippen LogP contribution in [0.1, 0.15) is 34.5 Å². The fourth-order valence-corrected chi connectivity index (χ4v) is 4.75. The van der Waals surface area contributed by atoms with Gasteiger partial charge < -0.3 is 5.32 Å². The highest BCUT2D eigenvalue weighted by atomic mass is 32.1. The minimum Gasteiger partial charge on any atom is -0.350 e. The van der Waals surface area contributed by atoms with Gasteiger partial charge in [-0.3, -0.25) is 9.59 Å². The summed E-state index contributed by atoms with van der Waals surface area (Å²) in [6, 6.07) is 7.37. The molecule has 5 nitrogen and oxygen atoms in total. The van der Waals surface area contributed by atoms with E-state index >= 15 is 0 Å². The number of rotatable bonds is 4. The normalized spacial score (nSPS) is 13.6. The molecule has 0 spiro atoms. The highest BCUT2D eigenvalue weighted by Gasteiger charge is 2.16. The predicted molar refractivity (Wildman–Crippen MR) is 104 cm³/mol. The molecule has 0 saturated heterocycles.